The van der Waals surface area contributed by atoms with Crippen LogP contribution < -0.4 is 0 Å². The van der Waals surface area contributed by atoms with Crippen molar-refractivity contribution >= 4 is 21.9 Å². The smallest absolute Gasteiger partial charge is 0.134 e. The van der Waals surface area contributed by atoms with Crippen LogP contribution in [0.3, 0.4) is 0 Å². The molecule has 1 saturated heterocycles. The molecule has 10 heteroatoms. The van der Waals surface area contributed by atoms with Gasteiger partial charge in [0.25, 0.3) is 0 Å². The lowest BCUT2D eigenvalue weighted by Crippen LogP contribution is -2.28. The van der Waals surface area contributed by atoms with E-state index in [1.54, 1.807) is 23.9 Å². The highest BCUT2D eigenvalue weighted by Crippen LogP contribution is 2.48. The lowest BCUT2D eigenvalue weighted by molar-refractivity contribution is 0.0296. The summed E-state index contributed by atoms with van der Waals surface area (Å²) in [6, 6.07) is 7.24. The average molecular weight is 545 g/mol. The molecule has 9 nitrogen and oxygen atoms in total. The standard InChI is InChI=1S/C30H33FN6O3/c1-16-11-24(34-40-16)29(18-7-9-39-10-8-18)37-25-14-22(30(3,38)20-5-6-20)23(31)13-21(25)27-26(37)12-19(15-32-27)28-17(2)33-35-36(28)4/h11-15,18,20,29,38H,5-10H2,1-4H3. The van der Waals surface area contributed by atoms with Gasteiger partial charge in [0.1, 0.15) is 17.3 Å². The molecule has 0 bridgehead atoms. The maximum atomic E-state index is 15.8. The minimum atomic E-state index is -1.26. The molecule has 40 heavy (non-hydrogen) atoms. The number of nitrogens with zero attached hydrogens (tertiary/aromatic N) is 6. The van der Waals surface area contributed by atoms with Crippen molar-refractivity contribution < 1.29 is 18.8 Å². The summed E-state index contributed by atoms with van der Waals surface area (Å²) >= 11 is 0. The quantitative estimate of drug-likeness (QED) is 0.307. The monoisotopic (exact) mass is 544 g/mol. The van der Waals surface area contributed by atoms with Crippen molar-refractivity contribution in [1.29, 1.82) is 0 Å². The minimum Gasteiger partial charge on any atom is -0.385 e. The molecule has 5 aromatic rings. The van der Waals surface area contributed by atoms with Crippen LogP contribution in [0, 0.1) is 31.5 Å². The van der Waals surface area contributed by atoms with Crippen LogP contribution in [0.4, 0.5) is 4.39 Å². The Bertz CT molecular complexity index is 1720. The van der Waals surface area contributed by atoms with Crippen LogP contribution in [0.2, 0.25) is 0 Å². The van der Waals surface area contributed by atoms with Crippen molar-refractivity contribution in [3.8, 4) is 11.3 Å². The summed E-state index contributed by atoms with van der Waals surface area (Å²) in [7, 11) is 1.86. The van der Waals surface area contributed by atoms with Crippen LogP contribution >= 0.6 is 0 Å². The Morgan fingerprint density at radius 2 is 1.85 bits per heavy atom. The first-order valence-corrected chi connectivity index (χ1v) is 14.0. The van der Waals surface area contributed by atoms with Gasteiger partial charge in [-0.05, 0) is 76.5 Å². The van der Waals surface area contributed by atoms with Gasteiger partial charge >= 0.3 is 0 Å². The Morgan fingerprint density at radius 1 is 1.07 bits per heavy atom. The van der Waals surface area contributed by atoms with Gasteiger partial charge in [-0.2, -0.15) is 0 Å². The molecule has 2 fully saturated rings. The largest absolute Gasteiger partial charge is 0.385 e. The van der Waals surface area contributed by atoms with E-state index in [1.807, 2.05) is 33.0 Å². The first-order valence-electron chi connectivity index (χ1n) is 14.0. The highest BCUT2D eigenvalue weighted by atomic mass is 19.1. The van der Waals surface area contributed by atoms with Gasteiger partial charge in [0, 0.05) is 49.0 Å². The van der Waals surface area contributed by atoms with Crippen molar-refractivity contribution in [2.24, 2.45) is 18.9 Å². The summed E-state index contributed by atoms with van der Waals surface area (Å²) in [6.45, 7) is 6.87. The molecule has 2 aliphatic rings. The van der Waals surface area contributed by atoms with Gasteiger partial charge in [-0.3, -0.25) is 4.98 Å². The molecule has 208 valence electrons. The normalized spacial score (nSPS) is 18.9. The Balaban J connectivity index is 1.56. The van der Waals surface area contributed by atoms with Crippen molar-refractivity contribution in [3.05, 3.63) is 59.0 Å². The third kappa shape index (κ3) is 3.96. The van der Waals surface area contributed by atoms with Crippen molar-refractivity contribution in [2.75, 3.05) is 13.2 Å². The molecular formula is C30H33FN6O3. The molecule has 4 aromatic heterocycles. The van der Waals surface area contributed by atoms with E-state index in [0.29, 0.717) is 29.7 Å². The molecule has 5 heterocycles. The van der Waals surface area contributed by atoms with E-state index >= 15 is 4.39 Å². The molecular weight excluding hydrogens is 511 g/mol. The van der Waals surface area contributed by atoms with Crippen LogP contribution in [-0.2, 0) is 17.4 Å². The zero-order valence-corrected chi connectivity index (χ0v) is 23.2. The zero-order chi connectivity index (χ0) is 27.8. The van der Waals surface area contributed by atoms with Gasteiger partial charge in [0.15, 0.2) is 0 Å². The Labute approximate surface area is 230 Å². The number of aromatic nitrogens is 6. The molecule has 1 N–H and O–H groups in total. The van der Waals surface area contributed by atoms with E-state index in [1.165, 1.54) is 0 Å². The fourth-order valence-corrected chi connectivity index (χ4v) is 6.60. The second kappa shape index (κ2) is 9.21. The average Bonchev–Trinajstić information content (AvgIpc) is 3.56. The minimum absolute atomic E-state index is 0.0480. The Morgan fingerprint density at radius 3 is 2.50 bits per heavy atom. The number of benzene rings is 1. The van der Waals surface area contributed by atoms with Gasteiger partial charge in [0.2, 0.25) is 0 Å². The first kappa shape index (κ1) is 25.3. The van der Waals surface area contributed by atoms with E-state index in [4.69, 9.17) is 14.2 Å². The number of hydrogen-bond donors (Lipinski definition) is 1. The number of halogens is 1. The highest BCUT2D eigenvalue weighted by Gasteiger charge is 2.43. The summed E-state index contributed by atoms with van der Waals surface area (Å²) in [4.78, 5) is 4.89. The fourth-order valence-electron chi connectivity index (χ4n) is 6.60. The topological polar surface area (TPSA) is 104 Å². The van der Waals surface area contributed by atoms with Crippen LogP contribution in [0.15, 0.2) is 35.0 Å². The predicted molar refractivity (Wildman–Crippen MR) is 147 cm³/mol. The van der Waals surface area contributed by atoms with Crippen molar-refractivity contribution in [1.82, 2.24) is 29.7 Å². The van der Waals surface area contributed by atoms with E-state index in [0.717, 1.165) is 65.1 Å². The second-order valence-corrected chi connectivity index (χ2v) is 11.6. The van der Waals surface area contributed by atoms with Crippen LogP contribution in [0.1, 0.15) is 61.4 Å². The molecule has 1 aromatic carbocycles. The van der Waals surface area contributed by atoms with E-state index in [2.05, 4.69) is 26.1 Å². The highest BCUT2D eigenvalue weighted by molar-refractivity contribution is 6.07. The van der Waals surface area contributed by atoms with E-state index < -0.39 is 11.4 Å². The van der Waals surface area contributed by atoms with Crippen molar-refractivity contribution in [3.63, 3.8) is 0 Å². The summed E-state index contributed by atoms with van der Waals surface area (Å²) in [5.41, 5.74) is 4.78. The predicted octanol–water partition coefficient (Wildman–Crippen LogP) is 5.36. The van der Waals surface area contributed by atoms with Crippen LogP contribution in [-0.4, -0.2) is 48.0 Å². The van der Waals surface area contributed by atoms with Gasteiger partial charge in [-0.1, -0.05) is 10.4 Å². The Kier molecular flexibility index (Phi) is 5.83. The molecule has 2 atom stereocenters. The van der Waals surface area contributed by atoms with Gasteiger partial charge in [-0.25, -0.2) is 9.07 Å². The van der Waals surface area contributed by atoms with Gasteiger partial charge < -0.3 is 18.9 Å². The summed E-state index contributed by atoms with van der Waals surface area (Å²) in [5, 5.41) is 25.1. The SMILES string of the molecule is Cc1cc(C(C2CCOCC2)n2c3cc(C(C)(O)C4CC4)c(F)cc3c3ncc(-c4c(C)nnn4C)cc32)no1. The number of rotatable bonds is 6. The molecule has 1 saturated carbocycles. The maximum Gasteiger partial charge on any atom is 0.134 e. The maximum absolute atomic E-state index is 15.8. The number of fused-ring (bicyclic) bond motifs is 3. The number of hydrogen-bond acceptors (Lipinski definition) is 7. The fraction of sp³-hybridized carbons (Fsp3) is 0.467. The number of aliphatic hydroxyl groups is 1. The second-order valence-electron chi connectivity index (χ2n) is 11.6. The van der Waals surface area contributed by atoms with E-state index in [9.17, 15) is 5.11 Å². The number of pyridine rings is 1. The molecule has 1 aliphatic carbocycles. The van der Waals surface area contributed by atoms with Crippen LogP contribution in [0.25, 0.3) is 33.2 Å². The lowest BCUT2D eigenvalue weighted by Gasteiger charge is -2.31. The molecule has 7 rings (SSSR count). The third-order valence-electron chi connectivity index (χ3n) is 8.85. The van der Waals surface area contributed by atoms with E-state index in [-0.39, 0.29) is 17.9 Å². The van der Waals surface area contributed by atoms with Crippen LogP contribution in [0.5, 0.6) is 0 Å². The summed E-state index contributed by atoms with van der Waals surface area (Å²) in [5.74, 6) is 0.567. The lowest BCUT2D eigenvalue weighted by atomic mass is 9.88. The molecule has 0 amide bonds. The molecule has 1 aliphatic heterocycles. The first-order chi connectivity index (χ1) is 19.2. The van der Waals surface area contributed by atoms with Gasteiger partial charge in [0.05, 0.1) is 39.6 Å². The third-order valence-corrected chi connectivity index (χ3v) is 8.85. The van der Waals surface area contributed by atoms with Crippen molar-refractivity contribution in [2.45, 2.75) is 58.1 Å². The number of ether oxygens (including phenoxy) is 1. The Hall–Kier alpha value is -3.63. The molecule has 0 radical (unpaired) electrons. The zero-order valence-electron chi connectivity index (χ0n) is 23.2. The summed E-state index contributed by atoms with van der Waals surface area (Å²) < 4.78 is 31.1. The summed E-state index contributed by atoms with van der Waals surface area (Å²) in [6.07, 6.45) is 5.28. The molecule has 2 unspecified atom stereocenters. The number of aryl methyl sites for hydroxylation is 3. The molecule has 0 spiro atoms. The van der Waals surface area contributed by atoms with Gasteiger partial charge in [-0.15, -0.1) is 5.10 Å².